The largest absolute Gasteiger partial charge is 0.487 e. The fourth-order valence-electron chi connectivity index (χ4n) is 3.06. The van der Waals surface area contributed by atoms with Gasteiger partial charge in [0, 0.05) is 17.7 Å². The van der Waals surface area contributed by atoms with Crippen LogP contribution < -0.4 is 9.47 Å². The van der Waals surface area contributed by atoms with Crippen LogP contribution in [0.2, 0.25) is 0 Å². The average molecular weight is 472 g/mol. The minimum absolute atomic E-state index is 0.0710. The lowest BCUT2D eigenvalue weighted by Crippen LogP contribution is -2.18. The van der Waals surface area contributed by atoms with E-state index in [1.165, 1.54) is 0 Å². The standard InChI is InChI=1S/C24H23BrFNO3/c1-16-20(24(28)30-18-12-8-5-9-13-18)23(29-15-17-10-6-4-7-11-17)21(25)19(22(16)26)14-27(2)3/h4-13H,14-15H2,1-3H3. The zero-order chi connectivity index (χ0) is 21.7. The first kappa shape index (κ1) is 22.0. The first-order chi connectivity index (χ1) is 14.4. The molecule has 0 radical (unpaired) electrons. The van der Waals surface area contributed by atoms with Gasteiger partial charge in [-0.25, -0.2) is 9.18 Å². The van der Waals surface area contributed by atoms with Gasteiger partial charge in [-0.15, -0.1) is 0 Å². The van der Waals surface area contributed by atoms with Crippen molar-refractivity contribution in [1.82, 2.24) is 4.90 Å². The average Bonchev–Trinajstić information content (AvgIpc) is 2.74. The summed E-state index contributed by atoms with van der Waals surface area (Å²) in [6, 6.07) is 18.3. The van der Waals surface area contributed by atoms with Crippen LogP contribution in [0.25, 0.3) is 0 Å². The van der Waals surface area contributed by atoms with Crippen LogP contribution in [0, 0.1) is 12.7 Å². The second-order valence-corrected chi connectivity index (χ2v) is 7.94. The van der Waals surface area contributed by atoms with Gasteiger partial charge in [-0.1, -0.05) is 48.5 Å². The molecule has 0 aromatic heterocycles. The van der Waals surface area contributed by atoms with Crippen molar-refractivity contribution in [2.75, 3.05) is 14.1 Å². The molecule has 0 aliphatic rings. The molecule has 0 saturated heterocycles. The molecule has 3 aromatic rings. The first-order valence-electron chi connectivity index (χ1n) is 9.47. The number of carbonyl (C=O) groups is 1. The molecule has 0 amide bonds. The number of hydrogen-bond donors (Lipinski definition) is 0. The number of carbonyl (C=O) groups excluding carboxylic acids is 1. The number of para-hydroxylation sites is 1. The molecule has 0 aliphatic heterocycles. The van der Waals surface area contributed by atoms with Crippen molar-refractivity contribution < 1.29 is 18.7 Å². The molecule has 156 valence electrons. The van der Waals surface area contributed by atoms with Crippen molar-refractivity contribution in [2.45, 2.75) is 20.1 Å². The summed E-state index contributed by atoms with van der Waals surface area (Å²) in [4.78, 5) is 14.9. The van der Waals surface area contributed by atoms with E-state index in [0.717, 1.165) is 5.56 Å². The Bertz CT molecular complexity index is 1020. The summed E-state index contributed by atoms with van der Waals surface area (Å²) in [5.41, 5.74) is 1.63. The minimum atomic E-state index is -0.669. The molecular formula is C24H23BrFNO3. The third kappa shape index (κ3) is 5.07. The number of rotatable bonds is 7. The van der Waals surface area contributed by atoms with Crippen LogP contribution in [0.15, 0.2) is 65.1 Å². The van der Waals surface area contributed by atoms with E-state index >= 15 is 4.39 Å². The Kier molecular flexibility index (Phi) is 7.24. The molecule has 0 aliphatic carbocycles. The van der Waals surface area contributed by atoms with Crippen LogP contribution in [-0.4, -0.2) is 25.0 Å². The second-order valence-electron chi connectivity index (χ2n) is 7.15. The van der Waals surface area contributed by atoms with Gasteiger partial charge in [0.05, 0.1) is 4.47 Å². The van der Waals surface area contributed by atoms with Crippen LogP contribution in [-0.2, 0) is 13.2 Å². The lowest BCUT2D eigenvalue weighted by molar-refractivity contribution is 0.0728. The Morgan fingerprint density at radius 1 is 1.03 bits per heavy atom. The van der Waals surface area contributed by atoms with E-state index in [1.807, 2.05) is 55.4 Å². The lowest BCUT2D eigenvalue weighted by atomic mass is 10.0. The maximum atomic E-state index is 15.2. The molecule has 0 spiro atoms. The molecule has 6 heteroatoms. The number of halogens is 2. The molecule has 0 fully saturated rings. The van der Waals surface area contributed by atoms with Gasteiger partial charge in [-0.05, 0) is 54.6 Å². The van der Waals surface area contributed by atoms with Crippen LogP contribution >= 0.6 is 15.9 Å². The van der Waals surface area contributed by atoms with Crippen molar-refractivity contribution in [2.24, 2.45) is 0 Å². The van der Waals surface area contributed by atoms with Gasteiger partial charge in [0.15, 0.2) is 0 Å². The van der Waals surface area contributed by atoms with Gasteiger partial charge in [0.2, 0.25) is 0 Å². The second kappa shape index (κ2) is 9.87. The van der Waals surface area contributed by atoms with E-state index in [2.05, 4.69) is 15.9 Å². The fourth-order valence-corrected chi connectivity index (χ4v) is 3.67. The fraction of sp³-hybridized carbons (Fsp3) is 0.208. The highest BCUT2D eigenvalue weighted by Crippen LogP contribution is 2.39. The summed E-state index contributed by atoms with van der Waals surface area (Å²) >= 11 is 3.47. The highest BCUT2D eigenvalue weighted by atomic mass is 79.9. The summed E-state index contributed by atoms with van der Waals surface area (Å²) in [5, 5.41) is 0. The molecule has 0 atom stereocenters. The Morgan fingerprint density at radius 3 is 2.23 bits per heavy atom. The van der Waals surface area contributed by atoms with Crippen LogP contribution in [0.1, 0.15) is 27.0 Å². The molecule has 3 rings (SSSR count). The molecule has 0 heterocycles. The van der Waals surface area contributed by atoms with E-state index in [9.17, 15) is 4.79 Å². The number of benzene rings is 3. The minimum Gasteiger partial charge on any atom is -0.487 e. The maximum Gasteiger partial charge on any atom is 0.347 e. The van der Waals surface area contributed by atoms with Crippen molar-refractivity contribution in [3.05, 3.63) is 93.2 Å². The zero-order valence-electron chi connectivity index (χ0n) is 17.1. The lowest BCUT2D eigenvalue weighted by Gasteiger charge is -2.21. The molecule has 0 saturated carbocycles. The van der Waals surface area contributed by atoms with E-state index in [0.29, 0.717) is 22.3 Å². The summed E-state index contributed by atoms with van der Waals surface area (Å²) in [6.45, 7) is 2.15. The highest BCUT2D eigenvalue weighted by Gasteiger charge is 2.28. The van der Waals surface area contributed by atoms with Crippen LogP contribution in [0.3, 0.4) is 0 Å². The Morgan fingerprint density at radius 2 is 1.63 bits per heavy atom. The SMILES string of the molecule is Cc1c(F)c(CN(C)C)c(Br)c(OCc2ccccc2)c1C(=O)Oc1ccccc1. The molecule has 30 heavy (non-hydrogen) atoms. The highest BCUT2D eigenvalue weighted by molar-refractivity contribution is 9.10. The molecule has 3 aromatic carbocycles. The number of hydrogen-bond acceptors (Lipinski definition) is 4. The van der Waals surface area contributed by atoms with Gasteiger partial charge < -0.3 is 14.4 Å². The topological polar surface area (TPSA) is 38.8 Å². The monoisotopic (exact) mass is 471 g/mol. The predicted octanol–water partition coefficient (Wildman–Crippen LogP) is 5.76. The maximum absolute atomic E-state index is 15.2. The molecular weight excluding hydrogens is 449 g/mol. The normalized spacial score (nSPS) is 10.9. The Hall–Kier alpha value is -2.70. The number of nitrogens with zero attached hydrogens (tertiary/aromatic N) is 1. The quantitative estimate of drug-likeness (QED) is 0.324. The number of esters is 1. The van der Waals surface area contributed by atoms with Crippen molar-refractivity contribution in [3.8, 4) is 11.5 Å². The van der Waals surface area contributed by atoms with Crippen LogP contribution in [0.5, 0.6) is 11.5 Å². The summed E-state index contributed by atoms with van der Waals surface area (Å²) in [6.07, 6.45) is 0. The van der Waals surface area contributed by atoms with Crippen molar-refractivity contribution in [1.29, 1.82) is 0 Å². The van der Waals surface area contributed by atoms with Gasteiger partial charge in [-0.2, -0.15) is 0 Å². The summed E-state index contributed by atoms with van der Waals surface area (Å²) in [5.74, 6) is -0.472. The van der Waals surface area contributed by atoms with E-state index in [4.69, 9.17) is 9.47 Å². The van der Waals surface area contributed by atoms with Crippen molar-refractivity contribution in [3.63, 3.8) is 0 Å². The van der Waals surface area contributed by atoms with E-state index in [-0.39, 0.29) is 23.5 Å². The molecule has 0 bridgehead atoms. The zero-order valence-corrected chi connectivity index (χ0v) is 18.7. The van der Waals surface area contributed by atoms with Crippen molar-refractivity contribution >= 4 is 21.9 Å². The van der Waals surface area contributed by atoms with Gasteiger partial charge in [-0.3, -0.25) is 0 Å². The third-order valence-electron chi connectivity index (χ3n) is 4.52. The Balaban J connectivity index is 2.04. The predicted molar refractivity (Wildman–Crippen MR) is 118 cm³/mol. The summed E-state index contributed by atoms with van der Waals surface area (Å²) in [7, 11) is 3.70. The Labute approximate surface area is 184 Å². The van der Waals surface area contributed by atoms with Gasteiger partial charge in [0.1, 0.15) is 29.5 Å². The van der Waals surface area contributed by atoms with E-state index in [1.54, 1.807) is 31.2 Å². The van der Waals surface area contributed by atoms with Crippen LogP contribution in [0.4, 0.5) is 4.39 Å². The molecule has 4 nitrogen and oxygen atoms in total. The smallest absolute Gasteiger partial charge is 0.347 e. The van der Waals surface area contributed by atoms with E-state index < -0.39 is 11.8 Å². The molecule has 0 unspecified atom stereocenters. The number of ether oxygens (including phenoxy) is 2. The van der Waals surface area contributed by atoms with Gasteiger partial charge in [0.25, 0.3) is 0 Å². The molecule has 0 N–H and O–H groups in total. The summed E-state index contributed by atoms with van der Waals surface area (Å²) < 4.78 is 27.1. The third-order valence-corrected chi connectivity index (χ3v) is 5.36. The first-order valence-corrected chi connectivity index (χ1v) is 10.3. The van der Waals surface area contributed by atoms with Gasteiger partial charge >= 0.3 is 5.97 Å².